The second-order valence-corrected chi connectivity index (χ2v) is 7.62. The van der Waals surface area contributed by atoms with Crippen LogP contribution in [0, 0.1) is 5.82 Å². The Hall–Kier alpha value is -3.28. The number of aromatic nitrogens is 1. The Balaban J connectivity index is 1.60. The Kier molecular flexibility index (Phi) is 5.74. The Morgan fingerprint density at radius 3 is 2.53 bits per heavy atom. The van der Waals surface area contributed by atoms with Crippen molar-refractivity contribution in [2.45, 2.75) is 44.8 Å². The number of para-hydroxylation sites is 1. The fraction of sp³-hybridized carbons (Fsp3) is 0.292. The van der Waals surface area contributed by atoms with Crippen molar-refractivity contribution >= 4 is 22.8 Å². The summed E-state index contributed by atoms with van der Waals surface area (Å²) in [5.41, 5.74) is 2.15. The summed E-state index contributed by atoms with van der Waals surface area (Å²) in [6.07, 6.45) is 3.23. The molecule has 1 aliphatic carbocycles. The number of nitrogens with zero attached hydrogens (tertiary/aromatic N) is 1. The summed E-state index contributed by atoms with van der Waals surface area (Å²) in [6, 6.07) is 14.9. The molecule has 5 nitrogen and oxygen atoms in total. The van der Waals surface area contributed by atoms with Crippen LogP contribution in [0.25, 0.3) is 22.2 Å². The number of fused-ring (bicyclic) bond motifs is 1. The van der Waals surface area contributed by atoms with E-state index >= 15 is 0 Å². The SMILES string of the molecule is CC(OC(=O)c1cc(-c2ccc(F)cc2)nc2ccccc12)C(=O)NC1CCCC1. The summed E-state index contributed by atoms with van der Waals surface area (Å²) < 4.78 is 18.8. The van der Waals surface area contributed by atoms with Crippen LogP contribution in [0.1, 0.15) is 43.0 Å². The highest BCUT2D eigenvalue weighted by molar-refractivity contribution is 6.05. The fourth-order valence-corrected chi connectivity index (χ4v) is 3.78. The maximum atomic E-state index is 13.3. The van der Waals surface area contributed by atoms with Gasteiger partial charge in [-0.15, -0.1) is 0 Å². The van der Waals surface area contributed by atoms with Gasteiger partial charge in [0, 0.05) is 17.0 Å². The Morgan fingerprint density at radius 2 is 1.80 bits per heavy atom. The first-order valence-electron chi connectivity index (χ1n) is 10.2. The minimum Gasteiger partial charge on any atom is -0.449 e. The molecule has 1 atom stereocenters. The van der Waals surface area contributed by atoms with Crippen molar-refractivity contribution in [3.8, 4) is 11.3 Å². The van der Waals surface area contributed by atoms with Gasteiger partial charge in [0.25, 0.3) is 5.91 Å². The lowest BCUT2D eigenvalue weighted by molar-refractivity contribution is -0.129. The number of benzene rings is 2. The van der Waals surface area contributed by atoms with Crippen molar-refractivity contribution in [1.29, 1.82) is 0 Å². The van der Waals surface area contributed by atoms with E-state index in [0.717, 1.165) is 25.7 Å². The number of nitrogens with one attached hydrogen (secondary N) is 1. The summed E-state index contributed by atoms with van der Waals surface area (Å²) >= 11 is 0. The average molecular weight is 406 g/mol. The molecule has 1 fully saturated rings. The number of ether oxygens (including phenoxy) is 1. The smallest absolute Gasteiger partial charge is 0.339 e. The monoisotopic (exact) mass is 406 g/mol. The molecule has 0 radical (unpaired) electrons. The van der Waals surface area contributed by atoms with Crippen LogP contribution in [-0.4, -0.2) is 29.0 Å². The van der Waals surface area contributed by atoms with E-state index in [1.54, 1.807) is 37.3 Å². The van der Waals surface area contributed by atoms with E-state index in [-0.39, 0.29) is 17.8 Å². The summed E-state index contributed by atoms with van der Waals surface area (Å²) in [6.45, 7) is 1.58. The summed E-state index contributed by atoms with van der Waals surface area (Å²) in [5, 5.41) is 3.59. The zero-order chi connectivity index (χ0) is 21.1. The molecule has 1 aliphatic rings. The number of hydrogen-bond acceptors (Lipinski definition) is 4. The van der Waals surface area contributed by atoms with Gasteiger partial charge in [-0.25, -0.2) is 14.2 Å². The number of pyridine rings is 1. The molecule has 0 aliphatic heterocycles. The molecule has 0 bridgehead atoms. The maximum absolute atomic E-state index is 13.3. The molecule has 2 aromatic carbocycles. The van der Waals surface area contributed by atoms with E-state index in [9.17, 15) is 14.0 Å². The highest BCUT2D eigenvalue weighted by Crippen LogP contribution is 2.26. The van der Waals surface area contributed by atoms with Gasteiger partial charge >= 0.3 is 5.97 Å². The molecule has 6 heteroatoms. The average Bonchev–Trinajstić information content (AvgIpc) is 3.26. The molecule has 1 saturated carbocycles. The van der Waals surface area contributed by atoms with Crippen LogP contribution in [0.3, 0.4) is 0 Å². The quantitative estimate of drug-likeness (QED) is 0.627. The van der Waals surface area contributed by atoms with Crippen LogP contribution in [0.15, 0.2) is 54.6 Å². The number of carbonyl (C=O) groups excluding carboxylic acids is 2. The second kappa shape index (κ2) is 8.61. The second-order valence-electron chi connectivity index (χ2n) is 7.62. The van der Waals surface area contributed by atoms with Crippen molar-refractivity contribution in [3.05, 3.63) is 66.0 Å². The van der Waals surface area contributed by atoms with Gasteiger partial charge in [-0.3, -0.25) is 4.79 Å². The van der Waals surface area contributed by atoms with Crippen LogP contribution in [0.2, 0.25) is 0 Å². The molecule has 30 heavy (non-hydrogen) atoms. The Morgan fingerprint density at radius 1 is 1.10 bits per heavy atom. The highest BCUT2D eigenvalue weighted by Gasteiger charge is 2.24. The van der Waals surface area contributed by atoms with E-state index in [1.807, 2.05) is 12.1 Å². The highest BCUT2D eigenvalue weighted by atomic mass is 19.1. The van der Waals surface area contributed by atoms with E-state index in [1.165, 1.54) is 12.1 Å². The van der Waals surface area contributed by atoms with E-state index in [4.69, 9.17) is 4.74 Å². The molecular formula is C24H23FN2O3. The molecule has 1 heterocycles. The summed E-state index contributed by atoms with van der Waals surface area (Å²) in [5.74, 6) is -1.22. The number of esters is 1. The van der Waals surface area contributed by atoms with E-state index in [2.05, 4.69) is 10.3 Å². The zero-order valence-corrected chi connectivity index (χ0v) is 16.7. The van der Waals surface area contributed by atoms with Gasteiger partial charge in [-0.05, 0) is 56.2 Å². The van der Waals surface area contributed by atoms with E-state index < -0.39 is 12.1 Å². The largest absolute Gasteiger partial charge is 0.449 e. The summed E-state index contributed by atoms with van der Waals surface area (Å²) in [4.78, 5) is 30.0. The van der Waals surface area contributed by atoms with Gasteiger partial charge in [0.2, 0.25) is 0 Å². The third-order valence-corrected chi connectivity index (χ3v) is 5.43. The lowest BCUT2D eigenvalue weighted by atomic mass is 10.0. The number of amides is 1. The van der Waals surface area contributed by atoms with Crippen LogP contribution in [0.5, 0.6) is 0 Å². The van der Waals surface area contributed by atoms with Gasteiger partial charge in [-0.1, -0.05) is 31.0 Å². The number of halogens is 1. The Bertz CT molecular complexity index is 1080. The van der Waals surface area contributed by atoms with Crippen molar-refractivity contribution in [3.63, 3.8) is 0 Å². The molecular weight excluding hydrogens is 383 g/mol. The minimum atomic E-state index is -0.903. The predicted octanol–water partition coefficient (Wildman–Crippen LogP) is 4.65. The van der Waals surface area contributed by atoms with Gasteiger partial charge in [-0.2, -0.15) is 0 Å². The first-order valence-corrected chi connectivity index (χ1v) is 10.2. The molecule has 1 aromatic heterocycles. The molecule has 1 N–H and O–H groups in total. The Labute approximate surface area is 174 Å². The van der Waals surface area contributed by atoms with Gasteiger partial charge in [0.05, 0.1) is 16.8 Å². The molecule has 0 spiro atoms. The number of carbonyl (C=O) groups is 2. The fourth-order valence-electron chi connectivity index (χ4n) is 3.78. The third-order valence-electron chi connectivity index (χ3n) is 5.43. The van der Waals surface area contributed by atoms with Crippen LogP contribution < -0.4 is 5.32 Å². The lowest BCUT2D eigenvalue weighted by Gasteiger charge is -2.18. The standard InChI is InChI=1S/C24H23FN2O3/c1-15(23(28)26-18-6-2-3-7-18)30-24(29)20-14-22(16-10-12-17(25)13-11-16)27-21-9-5-4-8-19(20)21/h4-5,8-15,18H,2-3,6-7H2,1H3,(H,26,28). The zero-order valence-electron chi connectivity index (χ0n) is 16.7. The molecule has 1 amide bonds. The number of rotatable bonds is 5. The van der Waals surface area contributed by atoms with Crippen molar-refractivity contribution in [1.82, 2.24) is 10.3 Å². The minimum absolute atomic E-state index is 0.158. The van der Waals surface area contributed by atoms with Crippen molar-refractivity contribution in [2.24, 2.45) is 0 Å². The van der Waals surface area contributed by atoms with Crippen molar-refractivity contribution < 1.29 is 18.7 Å². The maximum Gasteiger partial charge on any atom is 0.339 e. The van der Waals surface area contributed by atoms with Gasteiger partial charge in [0.1, 0.15) is 5.82 Å². The van der Waals surface area contributed by atoms with Crippen molar-refractivity contribution in [2.75, 3.05) is 0 Å². The topological polar surface area (TPSA) is 68.3 Å². The molecule has 4 rings (SSSR count). The number of hydrogen-bond donors (Lipinski definition) is 1. The van der Waals surface area contributed by atoms with Gasteiger partial charge < -0.3 is 10.1 Å². The lowest BCUT2D eigenvalue weighted by Crippen LogP contribution is -2.40. The third kappa shape index (κ3) is 4.32. The normalized spacial score (nSPS) is 15.1. The first-order chi connectivity index (χ1) is 14.5. The van der Waals surface area contributed by atoms with Crippen LogP contribution >= 0.6 is 0 Å². The molecule has 0 saturated heterocycles. The van der Waals surface area contributed by atoms with E-state index in [0.29, 0.717) is 27.7 Å². The summed E-state index contributed by atoms with van der Waals surface area (Å²) in [7, 11) is 0. The predicted molar refractivity (Wildman–Crippen MR) is 112 cm³/mol. The molecule has 3 aromatic rings. The van der Waals surface area contributed by atoms with Gasteiger partial charge in [0.15, 0.2) is 6.10 Å². The first kappa shape index (κ1) is 20.0. The van der Waals surface area contributed by atoms with Crippen LogP contribution in [0.4, 0.5) is 4.39 Å². The van der Waals surface area contributed by atoms with Crippen LogP contribution in [-0.2, 0) is 9.53 Å². The molecule has 154 valence electrons. The molecule has 1 unspecified atom stereocenters.